The minimum absolute atomic E-state index is 0.0868. The second kappa shape index (κ2) is 5.56. The molecule has 0 unspecified atom stereocenters. The van der Waals surface area contributed by atoms with Crippen molar-refractivity contribution in [2.24, 2.45) is 0 Å². The number of likely N-dealkylation sites (tertiary alicyclic amines) is 1. The highest BCUT2D eigenvalue weighted by atomic mass is 19.1. The molecule has 1 aliphatic heterocycles. The van der Waals surface area contributed by atoms with E-state index in [0.29, 0.717) is 13.1 Å². The third-order valence-corrected chi connectivity index (χ3v) is 3.23. The van der Waals surface area contributed by atoms with Crippen molar-refractivity contribution in [1.29, 1.82) is 0 Å². The number of hydrogen-bond donors (Lipinski definition) is 1. The first-order valence-electron chi connectivity index (χ1n) is 5.95. The van der Waals surface area contributed by atoms with Gasteiger partial charge < -0.3 is 10.2 Å². The predicted molar refractivity (Wildman–Crippen MR) is 64.0 cm³/mol. The van der Waals surface area contributed by atoms with Gasteiger partial charge in [0.1, 0.15) is 12.0 Å². The van der Waals surface area contributed by atoms with Crippen molar-refractivity contribution in [2.75, 3.05) is 20.1 Å². The normalized spacial score (nSPS) is 26.1. The first kappa shape index (κ1) is 12.5. The molecule has 2 rings (SSSR count). The van der Waals surface area contributed by atoms with Gasteiger partial charge in [-0.05, 0) is 37.7 Å². The fraction of sp³-hybridized carbons (Fsp3) is 0.538. The maximum Gasteiger partial charge on any atom is 0.128 e. The number of nitrogens with one attached hydrogen (secondary N) is 1. The van der Waals surface area contributed by atoms with Gasteiger partial charge in [-0.3, -0.25) is 0 Å². The molecule has 1 aromatic carbocycles. The molecule has 0 aliphatic carbocycles. The smallest absolute Gasteiger partial charge is 0.128 e. The third kappa shape index (κ3) is 3.48. The van der Waals surface area contributed by atoms with Crippen LogP contribution in [0.4, 0.5) is 8.78 Å². The van der Waals surface area contributed by atoms with Crippen molar-refractivity contribution in [1.82, 2.24) is 10.2 Å². The summed E-state index contributed by atoms with van der Waals surface area (Å²) in [7, 11) is 1.93. The molecule has 1 heterocycles. The lowest BCUT2D eigenvalue weighted by Gasteiger charge is -2.32. The van der Waals surface area contributed by atoms with Gasteiger partial charge in [0.25, 0.3) is 0 Å². The topological polar surface area (TPSA) is 15.3 Å². The molecule has 0 bridgehead atoms. The lowest BCUT2D eigenvalue weighted by atomic mass is 10.0. The fourth-order valence-electron chi connectivity index (χ4n) is 2.14. The van der Waals surface area contributed by atoms with E-state index in [1.807, 2.05) is 11.9 Å². The van der Waals surface area contributed by atoms with Crippen LogP contribution >= 0.6 is 0 Å². The Morgan fingerprint density at radius 1 is 1.35 bits per heavy atom. The molecule has 1 fully saturated rings. The second-order valence-corrected chi connectivity index (χ2v) is 4.68. The first-order valence-corrected chi connectivity index (χ1v) is 5.95. The molecule has 1 saturated heterocycles. The average Bonchev–Trinajstić information content (AvgIpc) is 2.30. The quantitative estimate of drug-likeness (QED) is 0.869. The van der Waals surface area contributed by atoms with Crippen LogP contribution in [0, 0.1) is 5.82 Å². The number of rotatable bonds is 3. The third-order valence-electron chi connectivity index (χ3n) is 3.23. The van der Waals surface area contributed by atoms with Crippen LogP contribution in [0.2, 0.25) is 0 Å². The number of benzene rings is 1. The summed E-state index contributed by atoms with van der Waals surface area (Å²) >= 11 is 0. The lowest BCUT2D eigenvalue weighted by Crippen LogP contribution is -2.49. The van der Waals surface area contributed by atoms with E-state index < -0.39 is 6.17 Å². The van der Waals surface area contributed by atoms with Crippen molar-refractivity contribution in [3.8, 4) is 0 Å². The monoisotopic (exact) mass is 240 g/mol. The summed E-state index contributed by atoms with van der Waals surface area (Å²) in [5.74, 6) is -0.239. The van der Waals surface area contributed by atoms with Gasteiger partial charge in [-0.2, -0.15) is 0 Å². The maximum absolute atomic E-state index is 13.7. The molecular formula is C13H18F2N2. The van der Waals surface area contributed by atoms with Crippen LogP contribution in [-0.2, 0) is 6.54 Å². The fourth-order valence-corrected chi connectivity index (χ4v) is 2.14. The molecular weight excluding hydrogens is 222 g/mol. The van der Waals surface area contributed by atoms with Gasteiger partial charge in [0.15, 0.2) is 0 Å². The van der Waals surface area contributed by atoms with E-state index in [0.717, 1.165) is 18.5 Å². The van der Waals surface area contributed by atoms with E-state index in [4.69, 9.17) is 0 Å². The van der Waals surface area contributed by atoms with Crippen molar-refractivity contribution < 1.29 is 8.78 Å². The highest BCUT2D eigenvalue weighted by Crippen LogP contribution is 2.13. The van der Waals surface area contributed by atoms with Crippen molar-refractivity contribution >= 4 is 0 Å². The molecule has 94 valence electrons. The molecule has 0 saturated carbocycles. The zero-order valence-electron chi connectivity index (χ0n) is 10.00. The Hall–Kier alpha value is -1.00. The summed E-state index contributed by atoms with van der Waals surface area (Å²) in [4.78, 5) is 2.00. The van der Waals surface area contributed by atoms with Crippen molar-refractivity contribution in [3.05, 3.63) is 35.6 Å². The molecule has 0 amide bonds. The summed E-state index contributed by atoms with van der Waals surface area (Å²) in [6.07, 6.45) is -0.00650. The Morgan fingerprint density at radius 3 is 2.71 bits per heavy atom. The van der Waals surface area contributed by atoms with Crippen LogP contribution in [0.25, 0.3) is 0 Å². The number of alkyl halides is 1. The zero-order valence-corrected chi connectivity index (χ0v) is 10.00. The second-order valence-electron chi connectivity index (χ2n) is 4.68. The molecule has 1 N–H and O–H groups in total. The van der Waals surface area contributed by atoms with E-state index in [2.05, 4.69) is 5.32 Å². The van der Waals surface area contributed by atoms with Gasteiger partial charge in [-0.1, -0.05) is 12.1 Å². The summed E-state index contributed by atoms with van der Waals surface area (Å²) in [6, 6.07) is 6.22. The molecule has 4 heteroatoms. The van der Waals surface area contributed by atoms with E-state index in [1.165, 1.54) is 12.1 Å². The highest BCUT2D eigenvalue weighted by molar-refractivity contribution is 5.15. The van der Waals surface area contributed by atoms with Crippen molar-refractivity contribution in [2.45, 2.75) is 25.2 Å². The van der Waals surface area contributed by atoms with Gasteiger partial charge >= 0.3 is 0 Å². The average molecular weight is 240 g/mol. The van der Waals surface area contributed by atoms with Crippen LogP contribution < -0.4 is 5.32 Å². The molecule has 0 radical (unpaired) electrons. The van der Waals surface area contributed by atoms with E-state index in [-0.39, 0.29) is 11.9 Å². The SMILES string of the molecule is CN1CC[C@@H](NCc2ccc(F)cc2)[C@H](F)C1. The Morgan fingerprint density at radius 2 is 2.06 bits per heavy atom. The molecule has 1 aliphatic rings. The number of piperidine rings is 1. The summed E-state index contributed by atoms with van der Waals surface area (Å²) in [5, 5.41) is 3.20. The molecule has 1 aromatic rings. The minimum Gasteiger partial charge on any atom is -0.307 e. The highest BCUT2D eigenvalue weighted by Gasteiger charge is 2.26. The first-order chi connectivity index (χ1) is 8.15. The lowest BCUT2D eigenvalue weighted by molar-refractivity contribution is 0.122. The number of hydrogen-bond acceptors (Lipinski definition) is 2. The van der Waals surface area contributed by atoms with Crippen molar-refractivity contribution in [3.63, 3.8) is 0 Å². The zero-order chi connectivity index (χ0) is 12.3. The molecule has 17 heavy (non-hydrogen) atoms. The van der Waals surface area contributed by atoms with Gasteiger partial charge in [0.05, 0.1) is 0 Å². The molecule has 2 nitrogen and oxygen atoms in total. The van der Waals surface area contributed by atoms with Crippen LogP contribution in [0.1, 0.15) is 12.0 Å². The molecule has 2 atom stereocenters. The Bertz CT molecular complexity index is 353. The van der Waals surface area contributed by atoms with E-state index in [1.54, 1.807) is 12.1 Å². The largest absolute Gasteiger partial charge is 0.307 e. The summed E-state index contributed by atoms with van der Waals surface area (Å²) in [6.45, 7) is 2.00. The minimum atomic E-state index is -0.825. The van der Waals surface area contributed by atoms with Gasteiger partial charge in [0, 0.05) is 19.1 Å². The van der Waals surface area contributed by atoms with Gasteiger partial charge in [0.2, 0.25) is 0 Å². The maximum atomic E-state index is 13.7. The standard InChI is InChI=1S/C13H18F2N2/c1-17-7-6-13(12(15)9-17)16-8-10-2-4-11(14)5-3-10/h2-5,12-13,16H,6-9H2,1H3/t12-,13-/m1/s1. The van der Waals surface area contributed by atoms with Crippen LogP contribution in [-0.4, -0.2) is 37.3 Å². The molecule has 0 aromatic heterocycles. The Labute approximate surface area is 101 Å². The Kier molecular flexibility index (Phi) is 4.07. The predicted octanol–water partition coefficient (Wildman–Crippen LogP) is 1.96. The van der Waals surface area contributed by atoms with Crippen LogP contribution in [0.3, 0.4) is 0 Å². The number of nitrogens with zero attached hydrogens (tertiary/aromatic N) is 1. The summed E-state index contributed by atoms with van der Waals surface area (Å²) < 4.78 is 26.4. The van der Waals surface area contributed by atoms with Gasteiger partial charge in [-0.15, -0.1) is 0 Å². The van der Waals surface area contributed by atoms with Gasteiger partial charge in [-0.25, -0.2) is 8.78 Å². The molecule has 0 spiro atoms. The van der Waals surface area contributed by atoms with E-state index in [9.17, 15) is 8.78 Å². The van der Waals surface area contributed by atoms with E-state index >= 15 is 0 Å². The Balaban J connectivity index is 1.83. The van der Waals surface area contributed by atoms with Crippen LogP contribution in [0.15, 0.2) is 24.3 Å². The number of halogens is 2. The summed E-state index contributed by atoms with van der Waals surface area (Å²) in [5.41, 5.74) is 0.984. The van der Waals surface area contributed by atoms with Crippen LogP contribution in [0.5, 0.6) is 0 Å².